The lowest BCUT2D eigenvalue weighted by Gasteiger charge is -2.11. The molecule has 1 aliphatic rings. The normalized spacial score (nSPS) is 16.6. The summed E-state index contributed by atoms with van der Waals surface area (Å²) < 4.78 is 10.3. The summed E-state index contributed by atoms with van der Waals surface area (Å²) >= 11 is 1.32. The highest BCUT2D eigenvalue weighted by atomic mass is 32.1. The minimum Gasteiger partial charge on any atom is -0.465 e. The Morgan fingerprint density at radius 1 is 1.32 bits per heavy atom. The second kappa shape index (κ2) is 7.80. The molecule has 0 aliphatic carbocycles. The Balaban J connectivity index is 1.92. The number of ether oxygens (including phenoxy) is 2. The first-order valence-electron chi connectivity index (χ1n) is 8.35. The third kappa shape index (κ3) is 3.75. The third-order valence-electron chi connectivity index (χ3n) is 4.31. The van der Waals surface area contributed by atoms with Crippen molar-refractivity contribution in [2.75, 3.05) is 19.0 Å². The standard InChI is InChI=1S/C19H21NO4S/c1-3-12-6-8-13(9-7-12)14-11-25-18(16(14)19(22)23-2)20-17(21)15-5-4-10-24-15/h6-9,11,15H,3-5,10H2,1-2H3,(H,20,21). The lowest BCUT2D eigenvalue weighted by Crippen LogP contribution is -2.27. The van der Waals surface area contributed by atoms with E-state index in [2.05, 4.69) is 12.2 Å². The molecule has 1 N–H and O–H groups in total. The lowest BCUT2D eigenvalue weighted by atomic mass is 10.0. The highest BCUT2D eigenvalue weighted by Gasteiger charge is 2.27. The first kappa shape index (κ1) is 17.6. The van der Waals surface area contributed by atoms with Crippen LogP contribution in [0.2, 0.25) is 0 Å². The Hall–Kier alpha value is -2.18. The molecule has 1 saturated heterocycles. The topological polar surface area (TPSA) is 64.6 Å². The maximum absolute atomic E-state index is 12.3. The minimum atomic E-state index is -0.460. The van der Waals surface area contributed by atoms with E-state index in [1.54, 1.807) is 0 Å². The van der Waals surface area contributed by atoms with Crippen LogP contribution >= 0.6 is 11.3 Å². The Morgan fingerprint density at radius 2 is 2.08 bits per heavy atom. The molecule has 1 aromatic heterocycles. The van der Waals surface area contributed by atoms with E-state index in [0.29, 0.717) is 23.6 Å². The van der Waals surface area contributed by atoms with Gasteiger partial charge in [-0.15, -0.1) is 11.3 Å². The van der Waals surface area contributed by atoms with Gasteiger partial charge >= 0.3 is 5.97 Å². The van der Waals surface area contributed by atoms with Crippen LogP contribution in [0.1, 0.15) is 35.7 Å². The number of hydrogen-bond donors (Lipinski definition) is 1. The summed E-state index contributed by atoms with van der Waals surface area (Å²) in [7, 11) is 1.34. The summed E-state index contributed by atoms with van der Waals surface area (Å²) in [5, 5.41) is 5.21. The average Bonchev–Trinajstić information content (AvgIpc) is 3.31. The molecule has 2 heterocycles. The number of anilines is 1. The summed E-state index contributed by atoms with van der Waals surface area (Å²) in [6.07, 6.45) is 2.09. The second-order valence-electron chi connectivity index (χ2n) is 5.89. The number of rotatable bonds is 5. The zero-order valence-corrected chi connectivity index (χ0v) is 15.2. The summed E-state index contributed by atoms with van der Waals surface area (Å²) in [6.45, 7) is 2.69. The van der Waals surface area contributed by atoms with E-state index >= 15 is 0 Å². The number of benzene rings is 1. The predicted molar refractivity (Wildman–Crippen MR) is 98.1 cm³/mol. The highest BCUT2D eigenvalue weighted by Crippen LogP contribution is 2.36. The first-order chi connectivity index (χ1) is 12.1. The molecule has 1 unspecified atom stereocenters. The van der Waals surface area contributed by atoms with Gasteiger partial charge in [0.2, 0.25) is 0 Å². The number of thiophene rings is 1. The van der Waals surface area contributed by atoms with Gasteiger partial charge in [-0.05, 0) is 30.4 Å². The molecule has 0 saturated carbocycles. The third-order valence-corrected chi connectivity index (χ3v) is 5.21. The van der Waals surface area contributed by atoms with E-state index in [1.807, 2.05) is 29.6 Å². The van der Waals surface area contributed by atoms with Crippen LogP contribution in [0, 0.1) is 0 Å². The number of amides is 1. The van der Waals surface area contributed by atoms with Crippen LogP contribution in [-0.4, -0.2) is 31.7 Å². The van der Waals surface area contributed by atoms with Gasteiger partial charge in [-0.25, -0.2) is 4.79 Å². The molecule has 6 heteroatoms. The Morgan fingerprint density at radius 3 is 2.68 bits per heavy atom. The van der Waals surface area contributed by atoms with Gasteiger partial charge in [0, 0.05) is 17.6 Å². The molecule has 0 radical (unpaired) electrons. The number of carbonyl (C=O) groups excluding carboxylic acids is 2. The molecule has 0 spiro atoms. The SMILES string of the molecule is CCc1ccc(-c2csc(NC(=O)C3CCCO3)c2C(=O)OC)cc1. The van der Waals surface area contributed by atoms with Gasteiger partial charge in [0.05, 0.1) is 7.11 Å². The van der Waals surface area contributed by atoms with E-state index in [9.17, 15) is 9.59 Å². The van der Waals surface area contributed by atoms with Crippen molar-refractivity contribution in [2.24, 2.45) is 0 Å². The molecule has 0 bridgehead atoms. The summed E-state index contributed by atoms with van der Waals surface area (Å²) in [6, 6.07) is 8.05. The average molecular weight is 359 g/mol. The largest absolute Gasteiger partial charge is 0.465 e. The molecule has 132 valence electrons. The van der Waals surface area contributed by atoms with Crippen molar-refractivity contribution >= 4 is 28.2 Å². The van der Waals surface area contributed by atoms with Gasteiger partial charge in [-0.2, -0.15) is 0 Å². The van der Waals surface area contributed by atoms with Crippen molar-refractivity contribution in [3.05, 3.63) is 40.8 Å². The summed E-state index contributed by atoms with van der Waals surface area (Å²) in [4.78, 5) is 24.6. The van der Waals surface area contributed by atoms with Crippen molar-refractivity contribution in [2.45, 2.75) is 32.3 Å². The lowest BCUT2D eigenvalue weighted by molar-refractivity contribution is -0.124. The molecule has 25 heavy (non-hydrogen) atoms. The predicted octanol–water partition coefficient (Wildman–Crippen LogP) is 3.88. The van der Waals surface area contributed by atoms with Crippen molar-refractivity contribution in [1.29, 1.82) is 0 Å². The molecule has 1 fully saturated rings. The fourth-order valence-corrected chi connectivity index (χ4v) is 3.82. The Labute approximate surface area is 151 Å². The summed E-state index contributed by atoms with van der Waals surface area (Å²) in [5.41, 5.74) is 3.31. The maximum atomic E-state index is 12.3. The van der Waals surface area contributed by atoms with Crippen molar-refractivity contribution in [3.8, 4) is 11.1 Å². The highest BCUT2D eigenvalue weighted by molar-refractivity contribution is 7.15. The molecule has 1 atom stereocenters. The van der Waals surface area contributed by atoms with Crippen LogP contribution in [0.5, 0.6) is 0 Å². The van der Waals surface area contributed by atoms with E-state index in [4.69, 9.17) is 9.47 Å². The minimum absolute atomic E-state index is 0.211. The van der Waals surface area contributed by atoms with Crippen LogP contribution in [0.25, 0.3) is 11.1 Å². The number of aryl methyl sites for hydroxylation is 1. The molecule has 1 amide bonds. The second-order valence-corrected chi connectivity index (χ2v) is 6.77. The molecular formula is C19H21NO4S. The van der Waals surface area contributed by atoms with Crippen LogP contribution in [0.15, 0.2) is 29.6 Å². The van der Waals surface area contributed by atoms with Gasteiger partial charge < -0.3 is 14.8 Å². The van der Waals surface area contributed by atoms with Crippen LogP contribution in [0.3, 0.4) is 0 Å². The van der Waals surface area contributed by atoms with Gasteiger partial charge in [-0.1, -0.05) is 31.2 Å². The van der Waals surface area contributed by atoms with Crippen molar-refractivity contribution in [1.82, 2.24) is 0 Å². The first-order valence-corrected chi connectivity index (χ1v) is 9.23. The van der Waals surface area contributed by atoms with Gasteiger partial charge in [0.15, 0.2) is 0 Å². The zero-order chi connectivity index (χ0) is 17.8. The fraction of sp³-hybridized carbons (Fsp3) is 0.368. The zero-order valence-electron chi connectivity index (χ0n) is 14.3. The molecular weight excluding hydrogens is 338 g/mol. The van der Waals surface area contributed by atoms with Crippen LogP contribution in [-0.2, 0) is 20.7 Å². The van der Waals surface area contributed by atoms with Gasteiger partial charge in [-0.3, -0.25) is 4.79 Å². The molecule has 2 aromatic rings. The molecule has 1 aliphatic heterocycles. The van der Waals surface area contributed by atoms with E-state index in [0.717, 1.165) is 24.0 Å². The smallest absolute Gasteiger partial charge is 0.341 e. The maximum Gasteiger partial charge on any atom is 0.341 e. The van der Waals surface area contributed by atoms with Gasteiger partial charge in [0.25, 0.3) is 5.91 Å². The van der Waals surface area contributed by atoms with E-state index in [1.165, 1.54) is 24.0 Å². The number of nitrogens with one attached hydrogen (secondary N) is 1. The monoisotopic (exact) mass is 359 g/mol. The number of carbonyl (C=O) groups is 2. The van der Waals surface area contributed by atoms with E-state index in [-0.39, 0.29) is 5.91 Å². The molecule has 1 aromatic carbocycles. The number of methoxy groups -OCH3 is 1. The Kier molecular flexibility index (Phi) is 5.50. The van der Waals surface area contributed by atoms with Crippen molar-refractivity contribution in [3.63, 3.8) is 0 Å². The van der Waals surface area contributed by atoms with Gasteiger partial charge in [0.1, 0.15) is 16.7 Å². The summed E-state index contributed by atoms with van der Waals surface area (Å²) in [5.74, 6) is -0.671. The Bertz CT molecular complexity index is 760. The van der Waals surface area contributed by atoms with Crippen molar-refractivity contribution < 1.29 is 19.1 Å². The number of hydrogen-bond acceptors (Lipinski definition) is 5. The molecule has 5 nitrogen and oxygen atoms in total. The fourth-order valence-electron chi connectivity index (χ4n) is 2.86. The molecule has 3 rings (SSSR count). The number of esters is 1. The van der Waals surface area contributed by atoms with Crippen LogP contribution < -0.4 is 5.32 Å². The van der Waals surface area contributed by atoms with Crippen LogP contribution in [0.4, 0.5) is 5.00 Å². The quantitative estimate of drug-likeness (QED) is 0.823. The van der Waals surface area contributed by atoms with E-state index < -0.39 is 12.1 Å².